The van der Waals surface area contributed by atoms with E-state index in [1.54, 1.807) is 12.1 Å². The summed E-state index contributed by atoms with van der Waals surface area (Å²) in [6, 6.07) is 11.6. The molecule has 2 aliphatic rings. The number of carboxylic acid groups (broad SMARTS) is 3. The number of nitriles is 1. The van der Waals surface area contributed by atoms with Crippen molar-refractivity contribution < 1.29 is 78.7 Å². The Labute approximate surface area is 259 Å². The topological polar surface area (TPSA) is 183 Å². The molecule has 3 N–H and O–H groups in total. The van der Waals surface area contributed by atoms with Gasteiger partial charge in [-0.1, -0.05) is 6.07 Å². The van der Waals surface area contributed by atoms with Crippen molar-refractivity contribution in [1.29, 1.82) is 5.26 Å². The highest BCUT2D eigenvalue weighted by molar-refractivity contribution is 5.73. The summed E-state index contributed by atoms with van der Waals surface area (Å²) in [6.07, 6.45) is -10.6. The lowest BCUT2D eigenvalue weighted by Gasteiger charge is -2.19. The lowest BCUT2D eigenvalue weighted by molar-refractivity contribution is -0.193. The summed E-state index contributed by atoms with van der Waals surface area (Å²) in [5.74, 6) is -6.61. The van der Waals surface area contributed by atoms with Crippen molar-refractivity contribution in [3.63, 3.8) is 0 Å². The lowest BCUT2D eigenvalue weighted by atomic mass is 9.91. The summed E-state index contributed by atoms with van der Waals surface area (Å²) in [4.78, 5) is 37.7. The van der Waals surface area contributed by atoms with E-state index in [0.717, 1.165) is 38.4 Å². The summed E-state index contributed by atoms with van der Waals surface area (Å²) >= 11 is 0. The van der Waals surface area contributed by atoms with E-state index in [-0.39, 0.29) is 0 Å². The zero-order valence-electron chi connectivity index (χ0n) is 23.6. The highest BCUT2D eigenvalue weighted by atomic mass is 19.4. The average Bonchev–Trinajstić information content (AvgIpc) is 3.54. The number of fused-ring (bicyclic) bond motifs is 1. The minimum absolute atomic E-state index is 0.330. The quantitative estimate of drug-likeness (QED) is 0.368. The van der Waals surface area contributed by atoms with Crippen LogP contribution in [-0.2, 0) is 25.7 Å². The fourth-order valence-corrected chi connectivity index (χ4v) is 3.87. The van der Waals surface area contributed by atoms with Gasteiger partial charge < -0.3 is 24.8 Å². The zero-order valence-corrected chi connectivity index (χ0v) is 23.6. The third-order valence-corrected chi connectivity index (χ3v) is 5.96. The van der Waals surface area contributed by atoms with Crippen molar-refractivity contribution in [2.45, 2.75) is 37.6 Å². The standard InChI is InChI=1S/C20H22N4O2.3C2HF3O2/c21-9-15-4-5-20(23-10-15)25-8-6-16-14-26-19-13-24(12-18(16)19)11-17-3-1-2-7-22-17;3*3-2(4,5)1(6)7/h1-5,7,10,16,18-19H,6,8,11-14H2;3*(H,6,7)/t16-,18-,19-;;;/m0.../s1. The molecule has 0 spiro atoms. The maximum atomic E-state index is 10.6. The maximum absolute atomic E-state index is 10.6. The first-order chi connectivity index (χ1) is 21.6. The summed E-state index contributed by atoms with van der Waals surface area (Å²) in [5, 5.41) is 30.2. The molecule has 0 aromatic carbocycles. The van der Waals surface area contributed by atoms with E-state index < -0.39 is 36.4 Å². The molecule has 4 rings (SSSR count). The minimum atomic E-state index is -5.08. The zero-order chi connectivity index (χ0) is 36.0. The van der Waals surface area contributed by atoms with Crippen molar-refractivity contribution in [1.82, 2.24) is 14.9 Å². The van der Waals surface area contributed by atoms with E-state index in [4.69, 9.17) is 44.4 Å². The van der Waals surface area contributed by atoms with Gasteiger partial charge in [0.15, 0.2) is 0 Å². The van der Waals surface area contributed by atoms with Crippen LogP contribution in [0.2, 0.25) is 0 Å². The molecule has 47 heavy (non-hydrogen) atoms. The predicted molar refractivity (Wildman–Crippen MR) is 136 cm³/mol. The van der Waals surface area contributed by atoms with Gasteiger partial charge in [-0.3, -0.25) is 9.88 Å². The molecule has 2 aromatic rings. The molecule has 2 aliphatic heterocycles. The molecule has 0 radical (unpaired) electrons. The van der Waals surface area contributed by atoms with Crippen molar-refractivity contribution in [3.05, 3.63) is 54.0 Å². The normalized spacial score (nSPS) is 18.9. The minimum Gasteiger partial charge on any atom is -0.478 e. The first-order valence-corrected chi connectivity index (χ1v) is 12.8. The summed E-state index contributed by atoms with van der Waals surface area (Å²) in [7, 11) is 0. The van der Waals surface area contributed by atoms with Crippen LogP contribution < -0.4 is 4.74 Å². The van der Waals surface area contributed by atoms with Crippen LogP contribution in [0.4, 0.5) is 39.5 Å². The SMILES string of the molecule is N#Cc1ccc(OCC[C@H]2CO[C@H]3CN(Cc4ccccn4)C[C@@H]23)nc1.O=C(O)C(F)(F)F.O=C(O)C(F)(F)F.O=C(O)C(F)(F)F. The number of alkyl halides is 9. The number of likely N-dealkylation sites (tertiary alicyclic amines) is 1. The van der Waals surface area contributed by atoms with Crippen LogP contribution in [0.5, 0.6) is 5.88 Å². The third kappa shape index (κ3) is 15.4. The predicted octanol–water partition coefficient (Wildman–Crippen LogP) is 4.16. The van der Waals surface area contributed by atoms with E-state index in [0.29, 0.717) is 36.0 Å². The van der Waals surface area contributed by atoms with Gasteiger partial charge in [0, 0.05) is 44.0 Å². The molecule has 260 valence electrons. The molecule has 0 aliphatic carbocycles. The Balaban J connectivity index is 0.000000430. The molecule has 0 bridgehead atoms. The summed E-state index contributed by atoms with van der Waals surface area (Å²) < 4.78 is 107. The number of carboxylic acids is 3. The van der Waals surface area contributed by atoms with Crippen molar-refractivity contribution in [3.8, 4) is 11.9 Å². The van der Waals surface area contributed by atoms with Crippen LogP contribution in [0.1, 0.15) is 17.7 Å². The maximum Gasteiger partial charge on any atom is 0.490 e. The smallest absolute Gasteiger partial charge is 0.478 e. The van der Waals surface area contributed by atoms with Crippen LogP contribution >= 0.6 is 0 Å². The number of carbonyl (C=O) groups is 3. The number of aliphatic carboxylic acids is 3. The van der Waals surface area contributed by atoms with E-state index in [2.05, 4.69) is 27.0 Å². The number of ether oxygens (including phenoxy) is 2. The second kappa shape index (κ2) is 17.8. The van der Waals surface area contributed by atoms with Gasteiger partial charge in [0.2, 0.25) is 5.88 Å². The van der Waals surface area contributed by atoms with Gasteiger partial charge in [0.1, 0.15) is 6.07 Å². The van der Waals surface area contributed by atoms with Crippen LogP contribution in [0.3, 0.4) is 0 Å². The Hall–Kier alpha value is -4.71. The van der Waals surface area contributed by atoms with E-state index in [1.165, 1.54) is 6.20 Å². The molecule has 0 saturated carbocycles. The summed E-state index contributed by atoms with van der Waals surface area (Å²) in [6.45, 7) is 4.36. The Morgan fingerprint density at radius 2 is 1.45 bits per heavy atom. The molecular formula is C26H25F9N4O8. The molecule has 2 saturated heterocycles. The van der Waals surface area contributed by atoms with Crippen LogP contribution in [0, 0.1) is 23.2 Å². The van der Waals surface area contributed by atoms with Crippen LogP contribution in [0.25, 0.3) is 0 Å². The number of halogens is 9. The largest absolute Gasteiger partial charge is 0.490 e. The molecule has 2 aromatic heterocycles. The molecule has 0 unspecified atom stereocenters. The molecule has 2 fully saturated rings. The molecule has 3 atom stereocenters. The van der Waals surface area contributed by atoms with Crippen molar-refractivity contribution in [2.24, 2.45) is 11.8 Å². The Bertz CT molecular complexity index is 1280. The second-order valence-corrected chi connectivity index (χ2v) is 9.35. The number of pyridine rings is 2. The first kappa shape index (κ1) is 40.3. The highest BCUT2D eigenvalue weighted by Crippen LogP contribution is 2.36. The van der Waals surface area contributed by atoms with E-state index >= 15 is 0 Å². The molecular weight excluding hydrogens is 667 g/mol. The number of hydrogen-bond acceptors (Lipinski definition) is 9. The van der Waals surface area contributed by atoms with Gasteiger partial charge in [-0.25, -0.2) is 19.4 Å². The second-order valence-electron chi connectivity index (χ2n) is 9.35. The number of rotatable bonds is 6. The lowest BCUT2D eigenvalue weighted by Crippen LogP contribution is -2.25. The number of nitrogens with zero attached hydrogens (tertiary/aromatic N) is 4. The van der Waals surface area contributed by atoms with Gasteiger partial charge in [0.05, 0.1) is 30.6 Å². The molecule has 0 amide bonds. The van der Waals surface area contributed by atoms with Gasteiger partial charge in [-0.15, -0.1) is 0 Å². The Morgan fingerprint density at radius 1 is 0.894 bits per heavy atom. The third-order valence-electron chi connectivity index (χ3n) is 5.96. The molecule has 12 nitrogen and oxygen atoms in total. The molecule has 4 heterocycles. The van der Waals surface area contributed by atoms with Gasteiger partial charge >= 0.3 is 36.4 Å². The van der Waals surface area contributed by atoms with E-state index in [1.807, 2.05) is 18.3 Å². The Kier molecular flexibility index (Phi) is 15.3. The van der Waals surface area contributed by atoms with Crippen molar-refractivity contribution >= 4 is 17.9 Å². The van der Waals surface area contributed by atoms with E-state index in [9.17, 15) is 39.5 Å². The summed E-state index contributed by atoms with van der Waals surface area (Å²) in [5.41, 5.74) is 1.66. The monoisotopic (exact) mass is 692 g/mol. The van der Waals surface area contributed by atoms with Gasteiger partial charge in [0.25, 0.3) is 0 Å². The fraction of sp³-hybridized carbons (Fsp3) is 0.462. The van der Waals surface area contributed by atoms with Crippen molar-refractivity contribution in [2.75, 3.05) is 26.3 Å². The number of aromatic nitrogens is 2. The highest BCUT2D eigenvalue weighted by Gasteiger charge is 2.43. The van der Waals surface area contributed by atoms with Crippen LogP contribution in [0.15, 0.2) is 42.7 Å². The van der Waals surface area contributed by atoms with Gasteiger partial charge in [-0.2, -0.15) is 44.8 Å². The number of hydrogen-bond donors (Lipinski definition) is 3. The Morgan fingerprint density at radius 3 is 1.87 bits per heavy atom. The average molecular weight is 692 g/mol. The first-order valence-electron chi connectivity index (χ1n) is 12.8. The van der Waals surface area contributed by atoms with Gasteiger partial charge in [-0.05, 0) is 30.5 Å². The van der Waals surface area contributed by atoms with Crippen LogP contribution in [-0.4, -0.2) is 99.0 Å². The molecule has 21 heteroatoms. The fourth-order valence-electron chi connectivity index (χ4n) is 3.87.